The van der Waals surface area contributed by atoms with E-state index in [0.29, 0.717) is 45.5 Å². The minimum absolute atomic E-state index is 0.240. The van der Waals surface area contributed by atoms with E-state index in [1.165, 1.54) is 7.11 Å². The highest BCUT2D eigenvalue weighted by Gasteiger charge is 2.27. The van der Waals surface area contributed by atoms with Crippen LogP contribution in [0.3, 0.4) is 0 Å². The highest BCUT2D eigenvalue weighted by Crippen LogP contribution is 2.28. The maximum Gasteiger partial charge on any atom is 0.405 e. The van der Waals surface area contributed by atoms with Gasteiger partial charge in [-0.15, -0.1) is 10.2 Å². The van der Waals surface area contributed by atoms with Crippen LogP contribution < -0.4 is 10.6 Å². The molecule has 0 aliphatic heterocycles. The predicted octanol–water partition coefficient (Wildman–Crippen LogP) is 4.19. The van der Waals surface area contributed by atoms with Gasteiger partial charge in [0.15, 0.2) is 0 Å². The van der Waals surface area contributed by atoms with E-state index in [1.54, 1.807) is 48.9 Å². The Labute approximate surface area is 185 Å². The molecular formula is C21H19F3N6O3. The second-order valence-corrected chi connectivity index (χ2v) is 7.19. The number of methoxy groups -OCH3 is 1. The fraction of sp³-hybridized carbons (Fsp3) is 0.238. The summed E-state index contributed by atoms with van der Waals surface area (Å²) in [5, 5.41) is 12.1. The fourth-order valence-corrected chi connectivity index (χ4v) is 3.26. The number of carbonyl (C=O) groups is 1. The van der Waals surface area contributed by atoms with Crippen molar-refractivity contribution in [3.05, 3.63) is 54.2 Å². The second-order valence-electron chi connectivity index (χ2n) is 7.19. The van der Waals surface area contributed by atoms with Crippen LogP contribution in [0.2, 0.25) is 0 Å². The summed E-state index contributed by atoms with van der Waals surface area (Å²) in [6.45, 7) is 0.507. The fourth-order valence-electron chi connectivity index (χ4n) is 3.26. The van der Waals surface area contributed by atoms with E-state index in [0.717, 1.165) is 0 Å². The number of urea groups is 1. The van der Waals surface area contributed by atoms with Crippen LogP contribution in [0, 0.1) is 6.92 Å². The highest BCUT2D eigenvalue weighted by atomic mass is 19.4. The van der Waals surface area contributed by atoms with Crippen LogP contribution in [0.1, 0.15) is 11.5 Å². The Bertz CT molecular complexity index is 1300. The molecule has 0 radical (unpaired) electrons. The van der Waals surface area contributed by atoms with Gasteiger partial charge in [-0.2, -0.15) is 13.2 Å². The molecule has 0 bridgehead atoms. The van der Waals surface area contributed by atoms with Gasteiger partial charge in [0, 0.05) is 37.0 Å². The first kappa shape index (κ1) is 22.3. The SMILES string of the molecule is COCc1cc(NC(=O)NCC(F)(F)F)cc(-c2cnc3cc(-c4nnc(C)o4)ccn23)c1. The van der Waals surface area contributed by atoms with E-state index >= 15 is 0 Å². The standard InChI is InChI=1S/C21H19F3N6O3/c1-12-28-29-19(33-12)14-3-4-30-17(9-25-18(30)8-14)15-5-13(10-32-2)6-16(7-15)27-20(31)26-11-21(22,23)24/h3-9H,10-11H2,1-2H3,(H2,26,27,31). The van der Waals surface area contributed by atoms with Crippen LogP contribution in [0.15, 0.2) is 47.1 Å². The van der Waals surface area contributed by atoms with E-state index in [-0.39, 0.29) is 6.61 Å². The first-order chi connectivity index (χ1) is 15.7. The molecule has 33 heavy (non-hydrogen) atoms. The molecule has 172 valence electrons. The largest absolute Gasteiger partial charge is 0.421 e. The van der Waals surface area contributed by atoms with Gasteiger partial charge in [0.25, 0.3) is 0 Å². The quantitative estimate of drug-likeness (QED) is 0.447. The molecule has 4 aromatic rings. The number of amides is 2. The monoisotopic (exact) mass is 460 g/mol. The molecule has 0 aliphatic rings. The Kier molecular flexibility index (Phi) is 6.01. The summed E-state index contributed by atoms with van der Waals surface area (Å²) in [6, 6.07) is 7.74. The summed E-state index contributed by atoms with van der Waals surface area (Å²) in [6.07, 6.45) is -1.06. The molecule has 0 aliphatic carbocycles. The Morgan fingerprint density at radius 1 is 1.18 bits per heavy atom. The third-order valence-corrected chi connectivity index (χ3v) is 4.59. The number of imidazole rings is 1. The van der Waals surface area contributed by atoms with E-state index in [2.05, 4.69) is 20.5 Å². The smallest absolute Gasteiger partial charge is 0.405 e. The van der Waals surface area contributed by atoms with Crippen molar-refractivity contribution in [2.24, 2.45) is 0 Å². The van der Waals surface area contributed by atoms with Crippen molar-refractivity contribution in [3.63, 3.8) is 0 Å². The number of pyridine rings is 1. The lowest BCUT2D eigenvalue weighted by Gasteiger charge is -2.13. The number of nitrogens with zero attached hydrogens (tertiary/aromatic N) is 4. The van der Waals surface area contributed by atoms with Crippen LogP contribution in [0.5, 0.6) is 0 Å². The van der Waals surface area contributed by atoms with Crippen molar-refractivity contribution >= 4 is 17.4 Å². The number of alkyl halides is 3. The molecule has 4 rings (SSSR count). The molecule has 2 amide bonds. The molecule has 0 saturated carbocycles. The number of hydrogen-bond donors (Lipinski definition) is 2. The van der Waals surface area contributed by atoms with Gasteiger partial charge in [-0.25, -0.2) is 9.78 Å². The van der Waals surface area contributed by atoms with Gasteiger partial charge < -0.3 is 19.8 Å². The number of hydrogen-bond acceptors (Lipinski definition) is 6. The number of benzene rings is 1. The number of rotatable bonds is 6. The third kappa shape index (κ3) is 5.29. The van der Waals surface area contributed by atoms with Gasteiger partial charge in [0.05, 0.1) is 18.5 Å². The summed E-state index contributed by atoms with van der Waals surface area (Å²) in [5.41, 5.74) is 3.74. The minimum Gasteiger partial charge on any atom is -0.421 e. The average molecular weight is 460 g/mol. The molecule has 3 aromatic heterocycles. The van der Waals surface area contributed by atoms with E-state index in [1.807, 2.05) is 10.5 Å². The van der Waals surface area contributed by atoms with Gasteiger partial charge in [-0.1, -0.05) is 0 Å². The van der Waals surface area contributed by atoms with Gasteiger partial charge in [-0.3, -0.25) is 4.40 Å². The molecule has 3 heterocycles. The Morgan fingerprint density at radius 2 is 2.00 bits per heavy atom. The van der Waals surface area contributed by atoms with Crippen molar-refractivity contribution in [2.75, 3.05) is 19.0 Å². The third-order valence-electron chi connectivity index (χ3n) is 4.59. The lowest BCUT2D eigenvalue weighted by Crippen LogP contribution is -2.36. The van der Waals surface area contributed by atoms with Crippen LogP contribution in [-0.2, 0) is 11.3 Å². The predicted molar refractivity (Wildman–Crippen MR) is 112 cm³/mol. The zero-order valence-corrected chi connectivity index (χ0v) is 17.6. The summed E-state index contributed by atoms with van der Waals surface area (Å²) in [4.78, 5) is 16.3. The number of anilines is 1. The van der Waals surface area contributed by atoms with Gasteiger partial charge in [0.2, 0.25) is 11.8 Å². The first-order valence-electron chi connectivity index (χ1n) is 9.74. The van der Waals surface area contributed by atoms with Gasteiger partial charge >= 0.3 is 12.2 Å². The maximum atomic E-state index is 12.4. The minimum atomic E-state index is -4.50. The number of halogens is 3. The van der Waals surface area contributed by atoms with Crippen molar-refractivity contribution < 1.29 is 27.1 Å². The first-order valence-corrected chi connectivity index (χ1v) is 9.74. The van der Waals surface area contributed by atoms with Crippen LogP contribution in [0.4, 0.5) is 23.7 Å². The van der Waals surface area contributed by atoms with Gasteiger partial charge in [0.1, 0.15) is 12.2 Å². The summed E-state index contributed by atoms with van der Waals surface area (Å²) in [7, 11) is 1.52. The zero-order chi connectivity index (χ0) is 23.6. The van der Waals surface area contributed by atoms with E-state index in [9.17, 15) is 18.0 Å². The van der Waals surface area contributed by atoms with Crippen molar-refractivity contribution in [1.29, 1.82) is 0 Å². The molecular weight excluding hydrogens is 441 g/mol. The highest BCUT2D eigenvalue weighted by molar-refractivity contribution is 5.90. The summed E-state index contributed by atoms with van der Waals surface area (Å²) < 4.78 is 49.6. The number of fused-ring (bicyclic) bond motifs is 1. The number of ether oxygens (including phenoxy) is 1. The van der Waals surface area contributed by atoms with Crippen LogP contribution in [0.25, 0.3) is 28.4 Å². The van der Waals surface area contributed by atoms with Crippen molar-refractivity contribution in [2.45, 2.75) is 19.7 Å². The molecule has 1 aromatic carbocycles. The number of aryl methyl sites for hydroxylation is 1. The molecule has 0 spiro atoms. The number of aromatic nitrogens is 4. The average Bonchev–Trinajstić information content (AvgIpc) is 3.37. The maximum absolute atomic E-state index is 12.4. The van der Waals surface area contributed by atoms with Crippen molar-refractivity contribution in [1.82, 2.24) is 24.9 Å². The molecule has 0 atom stereocenters. The lowest BCUT2D eigenvalue weighted by molar-refractivity contribution is -0.122. The summed E-state index contributed by atoms with van der Waals surface area (Å²) >= 11 is 0. The Morgan fingerprint density at radius 3 is 2.70 bits per heavy atom. The zero-order valence-electron chi connectivity index (χ0n) is 17.6. The molecule has 2 N–H and O–H groups in total. The van der Waals surface area contributed by atoms with Crippen LogP contribution >= 0.6 is 0 Å². The van der Waals surface area contributed by atoms with Crippen molar-refractivity contribution in [3.8, 4) is 22.7 Å². The Balaban J connectivity index is 1.65. The topological polar surface area (TPSA) is 107 Å². The number of carbonyl (C=O) groups excluding carboxylic acids is 1. The molecule has 12 heteroatoms. The number of nitrogens with one attached hydrogen (secondary N) is 2. The Hall–Kier alpha value is -3.93. The van der Waals surface area contributed by atoms with E-state index < -0.39 is 18.8 Å². The molecule has 0 unspecified atom stereocenters. The molecule has 9 nitrogen and oxygen atoms in total. The lowest BCUT2D eigenvalue weighted by atomic mass is 10.1. The molecule has 0 saturated heterocycles. The van der Waals surface area contributed by atoms with Crippen LogP contribution in [-0.4, -0.2) is 45.4 Å². The van der Waals surface area contributed by atoms with E-state index in [4.69, 9.17) is 9.15 Å². The normalized spacial score (nSPS) is 11.7. The van der Waals surface area contributed by atoms with Gasteiger partial charge in [-0.05, 0) is 35.9 Å². The summed E-state index contributed by atoms with van der Waals surface area (Å²) in [5.74, 6) is 0.821. The molecule has 0 fully saturated rings. The second kappa shape index (κ2) is 8.90.